The molecule has 3 nitrogen and oxygen atoms in total. The van der Waals surface area contributed by atoms with Gasteiger partial charge in [0, 0.05) is 22.3 Å². The second-order valence-corrected chi connectivity index (χ2v) is 5.91. The van der Waals surface area contributed by atoms with E-state index in [1.165, 1.54) is 24.3 Å². The van der Waals surface area contributed by atoms with Crippen LogP contribution in [-0.2, 0) is 5.60 Å². The Labute approximate surface area is 142 Å². The molecule has 0 heterocycles. The standard InChI is InChI=1S/C17H12F6N2O/c18-16(19,20)15(26,17(21,22)23)13-3-4-14(25)12-7-9-5-10(24)2-1-8(9)6-11(12)13/h1-7,26H,24-25H2. The van der Waals surface area contributed by atoms with Crippen molar-refractivity contribution >= 4 is 32.9 Å². The Kier molecular flexibility index (Phi) is 3.77. The first-order valence-corrected chi connectivity index (χ1v) is 7.24. The van der Waals surface area contributed by atoms with Crippen LogP contribution in [0.15, 0.2) is 42.5 Å². The number of aliphatic hydroxyl groups is 1. The van der Waals surface area contributed by atoms with Crippen LogP contribution >= 0.6 is 0 Å². The van der Waals surface area contributed by atoms with Gasteiger partial charge in [0.1, 0.15) is 0 Å². The SMILES string of the molecule is Nc1ccc2cc3c(C(O)(C(F)(F)F)C(F)(F)F)ccc(N)c3cc2c1. The molecule has 3 aromatic rings. The van der Waals surface area contributed by atoms with Crippen LogP contribution in [0.3, 0.4) is 0 Å². The van der Waals surface area contributed by atoms with Gasteiger partial charge >= 0.3 is 12.4 Å². The molecule has 0 amide bonds. The Morgan fingerprint density at radius 1 is 0.692 bits per heavy atom. The predicted molar refractivity (Wildman–Crippen MR) is 86.3 cm³/mol. The molecule has 138 valence electrons. The van der Waals surface area contributed by atoms with E-state index in [1.807, 2.05) is 0 Å². The molecule has 0 unspecified atom stereocenters. The summed E-state index contributed by atoms with van der Waals surface area (Å²) in [6, 6.07) is 8.34. The maximum atomic E-state index is 13.3. The van der Waals surface area contributed by atoms with Gasteiger partial charge in [-0.15, -0.1) is 0 Å². The van der Waals surface area contributed by atoms with E-state index in [1.54, 1.807) is 0 Å². The van der Waals surface area contributed by atoms with Crippen molar-refractivity contribution in [3.05, 3.63) is 48.0 Å². The van der Waals surface area contributed by atoms with Gasteiger partial charge < -0.3 is 16.6 Å². The molecule has 0 aliphatic carbocycles. The van der Waals surface area contributed by atoms with Crippen LogP contribution in [0.2, 0.25) is 0 Å². The molecule has 0 aromatic heterocycles. The molecule has 0 radical (unpaired) electrons. The Morgan fingerprint density at radius 2 is 1.27 bits per heavy atom. The number of alkyl halides is 6. The quantitative estimate of drug-likeness (QED) is 0.334. The number of rotatable bonds is 1. The van der Waals surface area contributed by atoms with Gasteiger partial charge in [-0.05, 0) is 46.5 Å². The number of fused-ring (bicyclic) bond motifs is 2. The van der Waals surface area contributed by atoms with Crippen molar-refractivity contribution in [2.45, 2.75) is 18.0 Å². The summed E-state index contributed by atoms with van der Waals surface area (Å²) in [5, 5.41) is 10.1. The van der Waals surface area contributed by atoms with E-state index in [9.17, 15) is 31.4 Å². The number of benzene rings is 3. The highest BCUT2D eigenvalue weighted by molar-refractivity contribution is 6.05. The maximum Gasteiger partial charge on any atom is 0.430 e. The molecule has 3 rings (SSSR count). The van der Waals surface area contributed by atoms with Gasteiger partial charge in [-0.3, -0.25) is 0 Å². The fraction of sp³-hybridized carbons (Fsp3) is 0.176. The normalized spacial score (nSPS) is 13.5. The van der Waals surface area contributed by atoms with Gasteiger partial charge in [0.05, 0.1) is 0 Å². The monoisotopic (exact) mass is 374 g/mol. The van der Waals surface area contributed by atoms with Gasteiger partial charge in [-0.25, -0.2) is 0 Å². The van der Waals surface area contributed by atoms with Crippen LogP contribution in [0.4, 0.5) is 37.7 Å². The summed E-state index contributed by atoms with van der Waals surface area (Å²) >= 11 is 0. The third-order valence-corrected chi connectivity index (χ3v) is 4.24. The molecule has 5 N–H and O–H groups in total. The molecule has 0 fully saturated rings. The lowest BCUT2D eigenvalue weighted by Gasteiger charge is -2.33. The first kappa shape index (κ1) is 18.1. The average Bonchev–Trinajstić information content (AvgIpc) is 2.51. The Hall–Kier alpha value is -2.68. The third kappa shape index (κ3) is 2.50. The van der Waals surface area contributed by atoms with E-state index in [4.69, 9.17) is 11.5 Å². The topological polar surface area (TPSA) is 72.3 Å². The third-order valence-electron chi connectivity index (χ3n) is 4.24. The Bertz CT molecular complexity index is 996. The first-order valence-electron chi connectivity index (χ1n) is 7.24. The predicted octanol–water partition coefficient (Wildman–Crippen LogP) is 4.47. The van der Waals surface area contributed by atoms with Crippen LogP contribution in [0.1, 0.15) is 5.56 Å². The fourth-order valence-corrected chi connectivity index (χ4v) is 2.91. The zero-order valence-electron chi connectivity index (χ0n) is 12.9. The summed E-state index contributed by atoms with van der Waals surface area (Å²) in [5.74, 6) is 0. The van der Waals surface area contributed by atoms with E-state index in [0.717, 1.165) is 12.1 Å². The smallest absolute Gasteiger partial charge is 0.399 e. The van der Waals surface area contributed by atoms with E-state index < -0.39 is 28.9 Å². The number of hydrogen-bond donors (Lipinski definition) is 3. The molecule has 0 bridgehead atoms. The molecular weight excluding hydrogens is 362 g/mol. The second kappa shape index (κ2) is 5.41. The zero-order valence-corrected chi connectivity index (χ0v) is 12.9. The van der Waals surface area contributed by atoms with Crippen molar-refractivity contribution in [2.24, 2.45) is 0 Å². The second-order valence-electron chi connectivity index (χ2n) is 5.91. The van der Waals surface area contributed by atoms with E-state index in [2.05, 4.69) is 0 Å². The number of hydrogen-bond acceptors (Lipinski definition) is 3. The minimum atomic E-state index is -5.98. The molecule has 9 heteroatoms. The van der Waals surface area contributed by atoms with Crippen molar-refractivity contribution in [1.29, 1.82) is 0 Å². The van der Waals surface area contributed by atoms with E-state index >= 15 is 0 Å². The lowest BCUT2D eigenvalue weighted by molar-refractivity contribution is -0.375. The van der Waals surface area contributed by atoms with E-state index in [-0.39, 0.29) is 11.1 Å². The van der Waals surface area contributed by atoms with Gasteiger partial charge in [-0.1, -0.05) is 12.1 Å². The fourth-order valence-electron chi connectivity index (χ4n) is 2.91. The van der Waals surface area contributed by atoms with Crippen LogP contribution in [-0.4, -0.2) is 17.5 Å². The molecule has 0 aliphatic heterocycles. The summed E-state index contributed by atoms with van der Waals surface area (Å²) in [5.41, 5.74) is 5.36. The number of nitrogen functional groups attached to an aromatic ring is 2. The maximum absolute atomic E-state index is 13.3. The van der Waals surface area contributed by atoms with Crippen molar-refractivity contribution in [1.82, 2.24) is 0 Å². The van der Waals surface area contributed by atoms with E-state index in [0.29, 0.717) is 22.5 Å². The minimum absolute atomic E-state index is 0.0280. The number of anilines is 2. The van der Waals surface area contributed by atoms with Crippen molar-refractivity contribution in [2.75, 3.05) is 11.5 Å². The van der Waals surface area contributed by atoms with Gasteiger partial charge in [-0.2, -0.15) is 26.3 Å². The highest BCUT2D eigenvalue weighted by Gasteiger charge is 2.71. The molecule has 0 saturated carbocycles. The van der Waals surface area contributed by atoms with Crippen molar-refractivity contribution < 1.29 is 31.4 Å². The summed E-state index contributed by atoms with van der Waals surface area (Å²) in [7, 11) is 0. The van der Waals surface area contributed by atoms with Gasteiger partial charge in [0.15, 0.2) is 0 Å². The lowest BCUT2D eigenvalue weighted by Crippen LogP contribution is -2.54. The average molecular weight is 374 g/mol. The van der Waals surface area contributed by atoms with Crippen LogP contribution in [0.25, 0.3) is 21.5 Å². The van der Waals surface area contributed by atoms with Crippen LogP contribution in [0, 0.1) is 0 Å². The summed E-state index contributed by atoms with van der Waals surface area (Å²) in [6.45, 7) is 0. The lowest BCUT2D eigenvalue weighted by atomic mass is 9.86. The Morgan fingerprint density at radius 3 is 1.85 bits per heavy atom. The van der Waals surface area contributed by atoms with Crippen molar-refractivity contribution in [3.63, 3.8) is 0 Å². The molecular formula is C17H12F6N2O. The highest BCUT2D eigenvalue weighted by Crippen LogP contribution is 2.52. The molecule has 0 atom stereocenters. The molecule has 0 spiro atoms. The number of nitrogens with two attached hydrogens (primary N) is 2. The highest BCUT2D eigenvalue weighted by atomic mass is 19.4. The Balaban J connectivity index is 2.47. The van der Waals surface area contributed by atoms with Gasteiger partial charge in [0.2, 0.25) is 0 Å². The summed E-state index contributed by atoms with van der Waals surface area (Å²) in [4.78, 5) is 0. The molecule has 0 saturated heterocycles. The summed E-state index contributed by atoms with van der Waals surface area (Å²) < 4.78 is 79.6. The minimum Gasteiger partial charge on any atom is -0.399 e. The summed E-state index contributed by atoms with van der Waals surface area (Å²) in [6.07, 6.45) is -12.0. The van der Waals surface area contributed by atoms with Gasteiger partial charge in [0.25, 0.3) is 5.60 Å². The molecule has 0 aliphatic rings. The zero-order chi connectivity index (χ0) is 19.5. The molecule has 3 aromatic carbocycles. The van der Waals surface area contributed by atoms with Crippen LogP contribution in [0.5, 0.6) is 0 Å². The first-order chi connectivity index (χ1) is 11.9. The van der Waals surface area contributed by atoms with Crippen molar-refractivity contribution in [3.8, 4) is 0 Å². The number of halogens is 6. The largest absolute Gasteiger partial charge is 0.430 e. The molecule has 26 heavy (non-hydrogen) atoms. The van der Waals surface area contributed by atoms with Crippen LogP contribution < -0.4 is 11.5 Å².